The summed E-state index contributed by atoms with van der Waals surface area (Å²) in [5, 5.41) is 27.8. The summed E-state index contributed by atoms with van der Waals surface area (Å²) < 4.78 is 21.5. The molecule has 2 saturated heterocycles. The van der Waals surface area contributed by atoms with E-state index in [0.717, 1.165) is 28.5 Å². The molecule has 4 amide bonds. The molecule has 0 radical (unpaired) electrons. The summed E-state index contributed by atoms with van der Waals surface area (Å²) in [5.74, 6) is -1.67. The quantitative estimate of drug-likeness (QED) is 0.0316. The molecule has 8 rings (SSSR count). The predicted molar refractivity (Wildman–Crippen MR) is 306 cm³/mol. The van der Waals surface area contributed by atoms with E-state index in [1.165, 1.54) is 45.1 Å². The Morgan fingerprint density at radius 3 is 1.62 bits per heavy atom. The highest BCUT2D eigenvalue weighted by Crippen LogP contribution is 2.42. The minimum Gasteiger partial charge on any atom is -0.502 e. The van der Waals surface area contributed by atoms with Crippen LogP contribution in [0.5, 0.6) is 34.5 Å². The first-order chi connectivity index (χ1) is 37.9. The van der Waals surface area contributed by atoms with Gasteiger partial charge in [-0.2, -0.15) is 0 Å². The second-order valence-corrected chi connectivity index (χ2v) is 19.8. The SMILES string of the molecule is COc1cc(/C=C2\SC(=Nc3ccccc3)N(CCCNC(=O)[C@H](Cc3ccc(-c4ccccc4)cc3)NC(=O)[C@H](CCCN)N3C(=O)/C(=C/c4cc(OC)c(O)c(OC)c4)SC3=Nc3ccccc3)C2=O)cc(OC)c1O. The van der Waals surface area contributed by atoms with E-state index in [2.05, 4.69) is 10.6 Å². The van der Waals surface area contributed by atoms with Gasteiger partial charge in [0.05, 0.1) is 49.6 Å². The van der Waals surface area contributed by atoms with Crippen LogP contribution in [0.3, 0.4) is 0 Å². The largest absolute Gasteiger partial charge is 0.502 e. The number of phenolic OH excluding ortho intramolecular Hbond substituents is 2. The fourth-order valence-electron chi connectivity index (χ4n) is 8.59. The molecule has 0 unspecified atom stereocenters. The standard InChI is InChI=1S/C59H59N7O10S2/c1-73-46-31-38(32-47(74-2)52(46)67)35-50-56(71)65(58(77-50)62-42-18-10-6-11-19-42)29-15-28-61-54(69)44(30-37-23-25-41(26-24-37)40-16-8-5-9-17-40)64-55(70)45(22-14-27-60)66-57(72)51(78-59(66)63-43-20-12-7-13-21-43)36-39-33-48(75-3)53(68)49(34-39)76-4/h5-13,16-21,23-26,31-36,44-45,67-68H,14-15,22,27-30,60H2,1-4H3,(H,61,69)(H,64,70)/b50-35-,51-36-,62-58?,63-59?/t44-,45-/m0/s1. The highest BCUT2D eigenvalue weighted by atomic mass is 32.2. The van der Waals surface area contributed by atoms with Crippen molar-refractivity contribution in [2.45, 2.75) is 37.8 Å². The maximum absolute atomic E-state index is 15.0. The fraction of sp³-hybridized carbons (Fsp3) is 0.220. The summed E-state index contributed by atoms with van der Waals surface area (Å²) in [5.41, 5.74) is 11.0. The molecule has 2 heterocycles. The number of para-hydroxylation sites is 2. The maximum atomic E-state index is 15.0. The van der Waals surface area contributed by atoms with E-state index in [1.54, 1.807) is 53.5 Å². The van der Waals surface area contributed by atoms with E-state index in [9.17, 15) is 24.6 Å². The zero-order valence-corrected chi connectivity index (χ0v) is 45.0. The van der Waals surface area contributed by atoms with Crippen molar-refractivity contribution in [2.75, 3.05) is 48.1 Å². The molecule has 2 aliphatic rings. The van der Waals surface area contributed by atoms with Gasteiger partial charge in [0.1, 0.15) is 12.1 Å². The van der Waals surface area contributed by atoms with Gasteiger partial charge in [-0.1, -0.05) is 91.0 Å². The molecule has 0 spiro atoms. The zero-order valence-electron chi connectivity index (χ0n) is 43.4. The Bertz CT molecular complexity index is 3200. The number of hydrogen-bond acceptors (Lipinski definition) is 15. The van der Waals surface area contributed by atoms with Gasteiger partial charge in [-0.25, -0.2) is 9.98 Å². The number of benzene rings is 6. The lowest BCUT2D eigenvalue weighted by Gasteiger charge is -2.28. The molecule has 402 valence electrons. The lowest BCUT2D eigenvalue weighted by Crippen LogP contribution is -2.55. The van der Waals surface area contributed by atoms with E-state index in [0.29, 0.717) is 45.4 Å². The predicted octanol–water partition coefficient (Wildman–Crippen LogP) is 9.05. The van der Waals surface area contributed by atoms with Crippen LogP contribution >= 0.6 is 23.5 Å². The van der Waals surface area contributed by atoms with Crippen LogP contribution in [0.25, 0.3) is 23.3 Å². The summed E-state index contributed by atoms with van der Waals surface area (Å²) >= 11 is 2.26. The van der Waals surface area contributed by atoms with Gasteiger partial charge in [-0.15, -0.1) is 0 Å². The number of thioether (sulfide) groups is 2. The van der Waals surface area contributed by atoms with E-state index in [-0.39, 0.29) is 83.0 Å². The number of nitrogens with two attached hydrogens (primary N) is 1. The molecule has 19 heteroatoms. The molecule has 0 bridgehead atoms. The number of aromatic hydroxyl groups is 2. The van der Waals surface area contributed by atoms with Crippen molar-refractivity contribution in [1.29, 1.82) is 0 Å². The number of phenols is 2. The topological polar surface area (TPSA) is 227 Å². The molecule has 6 N–H and O–H groups in total. The summed E-state index contributed by atoms with van der Waals surface area (Å²) in [4.78, 5) is 71.7. The van der Waals surface area contributed by atoms with Crippen molar-refractivity contribution < 1.29 is 48.3 Å². The third kappa shape index (κ3) is 13.5. The molecule has 2 atom stereocenters. The maximum Gasteiger partial charge on any atom is 0.267 e. The molecular formula is C59H59N7O10S2. The number of hydrogen-bond donors (Lipinski definition) is 5. The van der Waals surface area contributed by atoms with Gasteiger partial charge in [0.15, 0.2) is 33.3 Å². The van der Waals surface area contributed by atoms with Crippen LogP contribution in [-0.4, -0.2) is 114 Å². The Morgan fingerprint density at radius 2 is 1.10 bits per heavy atom. The number of carbonyl (C=O) groups excluding carboxylic acids is 4. The molecule has 2 aliphatic heterocycles. The average molecular weight is 1090 g/mol. The van der Waals surface area contributed by atoms with Gasteiger partial charge in [0.2, 0.25) is 23.3 Å². The van der Waals surface area contributed by atoms with Crippen molar-refractivity contribution in [1.82, 2.24) is 20.4 Å². The number of nitrogens with zero attached hydrogens (tertiary/aromatic N) is 4. The van der Waals surface area contributed by atoms with Crippen molar-refractivity contribution >= 4 is 81.0 Å². The molecule has 0 aromatic heterocycles. The van der Waals surface area contributed by atoms with E-state index in [1.807, 2.05) is 103 Å². The summed E-state index contributed by atoms with van der Waals surface area (Å²) in [6.45, 7) is 0.503. The molecule has 0 saturated carbocycles. The number of rotatable bonds is 22. The Balaban J connectivity index is 1.06. The smallest absolute Gasteiger partial charge is 0.267 e. The number of carbonyl (C=O) groups is 4. The molecule has 78 heavy (non-hydrogen) atoms. The van der Waals surface area contributed by atoms with Crippen LogP contribution in [-0.2, 0) is 25.6 Å². The summed E-state index contributed by atoms with van der Waals surface area (Å²) in [6.07, 6.45) is 4.17. The highest BCUT2D eigenvalue weighted by molar-refractivity contribution is 8.19. The van der Waals surface area contributed by atoms with Gasteiger partial charge in [0, 0.05) is 19.5 Å². The van der Waals surface area contributed by atoms with Gasteiger partial charge in [0.25, 0.3) is 11.8 Å². The van der Waals surface area contributed by atoms with Crippen molar-refractivity contribution in [3.63, 3.8) is 0 Å². The Hall–Kier alpha value is -8.52. The van der Waals surface area contributed by atoms with Crippen LogP contribution in [0.1, 0.15) is 36.0 Å². The first-order valence-electron chi connectivity index (χ1n) is 25.0. The highest BCUT2D eigenvalue weighted by Gasteiger charge is 2.42. The van der Waals surface area contributed by atoms with Crippen molar-refractivity contribution in [3.05, 3.63) is 166 Å². The molecule has 0 aliphatic carbocycles. The lowest BCUT2D eigenvalue weighted by molar-refractivity contribution is -0.135. The van der Waals surface area contributed by atoms with Crippen LogP contribution in [0.2, 0.25) is 0 Å². The average Bonchev–Trinajstić information content (AvgIpc) is 3.95. The first-order valence-corrected chi connectivity index (χ1v) is 26.6. The number of amidine groups is 2. The summed E-state index contributed by atoms with van der Waals surface area (Å²) in [6, 6.07) is 39.9. The molecule has 6 aromatic rings. The second kappa shape index (κ2) is 26.5. The number of aliphatic imine (C=N–C) groups is 2. The first kappa shape index (κ1) is 55.7. The third-order valence-corrected chi connectivity index (χ3v) is 14.6. The number of amides is 4. The molecule has 2 fully saturated rings. The second-order valence-electron chi connectivity index (χ2n) is 17.8. The minimum absolute atomic E-state index is 0.0930. The van der Waals surface area contributed by atoms with E-state index >= 15 is 4.79 Å². The normalized spacial score (nSPS) is 16.2. The number of methoxy groups -OCH3 is 4. The number of ether oxygens (including phenoxy) is 4. The van der Waals surface area contributed by atoms with Crippen molar-refractivity contribution in [3.8, 4) is 45.6 Å². The molecular weight excluding hydrogens is 1030 g/mol. The monoisotopic (exact) mass is 1090 g/mol. The Kier molecular flexibility index (Phi) is 18.9. The van der Waals surface area contributed by atoms with Crippen molar-refractivity contribution in [2.24, 2.45) is 15.7 Å². The molecule has 17 nitrogen and oxygen atoms in total. The Labute approximate surface area is 460 Å². The number of nitrogens with one attached hydrogen (secondary N) is 2. The van der Waals surface area contributed by atoms with Crippen LogP contribution in [0.4, 0.5) is 11.4 Å². The van der Waals surface area contributed by atoms with E-state index in [4.69, 9.17) is 34.7 Å². The Morgan fingerprint density at radius 1 is 0.628 bits per heavy atom. The molecule has 6 aromatic carbocycles. The van der Waals surface area contributed by atoms with E-state index < -0.39 is 29.8 Å². The zero-order chi connectivity index (χ0) is 55.1. The van der Waals surface area contributed by atoms with Crippen LogP contribution in [0, 0.1) is 0 Å². The lowest BCUT2D eigenvalue weighted by atomic mass is 9.99. The van der Waals surface area contributed by atoms with Gasteiger partial charge < -0.3 is 45.5 Å². The van der Waals surface area contributed by atoms with Crippen LogP contribution < -0.4 is 35.3 Å². The summed E-state index contributed by atoms with van der Waals surface area (Å²) in [7, 11) is 5.65. The fourth-order valence-corrected chi connectivity index (χ4v) is 10.6. The van der Waals surface area contributed by atoms with Gasteiger partial charge >= 0.3 is 0 Å². The van der Waals surface area contributed by atoms with Crippen LogP contribution in [0.15, 0.2) is 159 Å². The third-order valence-electron chi connectivity index (χ3n) is 12.6. The minimum atomic E-state index is -1.16. The van der Waals surface area contributed by atoms with Gasteiger partial charge in [-0.3, -0.25) is 29.0 Å². The van der Waals surface area contributed by atoms with Gasteiger partial charge in [-0.05, 0) is 138 Å².